The van der Waals surface area contributed by atoms with Crippen LogP contribution in [0.5, 0.6) is 0 Å². The zero-order valence-electron chi connectivity index (χ0n) is 32.2. The molecule has 9 rings (SSSR count). The number of fused-ring (bicyclic) bond motifs is 5. The average molecular weight is 859 g/mol. The van der Waals surface area contributed by atoms with Crippen molar-refractivity contribution < 1.29 is 28.7 Å². The molecular formula is C47H22N8O6S2. The van der Waals surface area contributed by atoms with E-state index in [4.69, 9.17) is 19.4 Å². The molecule has 14 nitrogen and oxygen atoms in total. The molecule has 3 aliphatic rings. The van der Waals surface area contributed by atoms with Gasteiger partial charge < -0.3 is 9.47 Å². The van der Waals surface area contributed by atoms with E-state index in [0.29, 0.717) is 22.3 Å². The second-order valence-corrected chi connectivity index (χ2v) is 15.8. The van der Waals surface area contributed by atoms with Gasteiger partial charge in [0.1, 0.15) is 60.1 Å². The molecule has 0 aliphatic heterocycles. The molecule has 0 spiro atoms. The zero-order valence-corrected chi connectivity index (χ0v) is 33.8. The van der Waals surface area contributed by atoms with Gasteiger partial charge in [-0.1, -0.05) is 132 Å². The standard InChI is InChI=1S/C47H22N8O6S2/c48-19-27(20-49)33-29-15-7-9-17-31(29)37(56)35(33)52-45-54-41-39(62-45)40-42(55-46(63-40)53-36-34(28(21-50)22-51)30-16-8-10-18-32(30)38(36)57)47(41,43(58)60-23-25-11-3-1-4-12-25)44(59)61-24-26-13-5-2-6-14-26/h1-18H,23-24H2/b52-35-,53-36-. The highest BCUT2D eigenvalue weighted by Crippen LogP contribution is 2.57. The van der Waals surface area contributed by atoms with E-state index < -0.39 is 28.9 Å². The Balaban J connectivity index is 1.26. The Kier molecular flexibility index (Phi) is 10.1. The second kappa shape index (κ2) is 16.0. The van der Waals surface area contributed by atoms with Crippen LogP contribution in [-0.4, -0.2) is 44.9 Å². The van der Waals surface area contributed by atoms with Crippen molar-refractivity contribution in [1.29, 1.82) is 21.0 Å². The molecular weight excluding hydrogens is 837 g/mol. The minimum absolute atomic E-state index is 0.00329. The van der Waals surface area contributed by atoms with Crippen molar-refractivity contribution in [2.24, 2.45) is 9.98 Å². The van der Waals surface area contributed by atoms with E-state index in [1.165, 1.54) is 0 Å². The molecule has 0 bridgehead atoms. The van der Waals surface area contributed by atoms with Crippen molar-refractivity contribution in [3.05, 3.63) is 165 Å². The third kappa shape index (κ3) is 6.44. The number of Topliss-reactive ketones (excluding diaryl/α,β-unsaturated/α-hetero) is 2. The molecule has 4 aromatic carbocycles. The third-order valence-electron chi connectivity index (χ3n) is 10.3. The Bertz CT molecular complexity index is 3060. The maximum atomic E-state index is 14.9. The van der Waals surface area contributed by atoms with Crippen molar-refractivity contribution in [3.8, 4) is 34.0 Å². The number of thiazole rings is 2. The highest BCUT2D eigenvalue weighted by atomic mass is 32.1. The van der Waals surface area contributed by atoms with Gasteiger partial charge in [0.15, 0.2) is 0 Å². The number of carbonyl (C=O) groups excluding carboxylic acids is 4. The Hall–Kier alpha value is -8.80. The molecule has 0 fully saturated rings. The van der Waals surface area contributed by atoms with Crippen molar-refractivity contribution >= 4 is 79.0 Å². The summed E-state index contributed by atoms with van der Waals surface area (Å²) in [7, 11) is 0. The minimum atomic E-state index is -2.52. The van der Waals surface area contributed by atoms with Crippen molar-refractivity contribution in [2.45, 2.75) is 18.6 Å². The summed E-state index contributed by atoms with van der Waals surface area (Å²) < 4.78 is 11.8. The van der Waals surface area contributed by atoms with Gasteiger partial charge in [-0.2, -0.15) is 21.0 Å². The largest absolute Gasteiger partial charge is 0.459 e. The first-order valence-corrected chi connectivity index (χ1v) is 20.4. The zero-order chi connectivity index (χ0) is 43.8. The normalized spacial score (nSPS) is 15.0. The van der Waals surface area contributed by atoms with Crippen LogP contribution in [0.25, 0.3) is 20.9 Å². The first-order chi connectivity index (χ1) is 30.7. The molecule has 0 radical (unpaired) electrons. The molecule has 0 unspecified atom stereocenters. The van der Waals surface area contributed by atoms with Crippen LogP contribution in [-0.2, 0) is 37.7 Å². The highest BCUT2D eigenvalue weighted by molar-refractivity contribution is 7.25. The van der Waals surface area contributed by atoms with Gasteiger partial charge >= 0.3 is 11.9 Å². The van der Waals surface area contributed by atoms with Crippen LogP contribution in [0.2, 0.25) is 0 Å². The van der Waals surface area contributed by atoms with Crippen LogP contribution < -0.4 is 0 Å². The van der Waals surface area contributed by atoms with Crippen LogP contribution in [0.4, 0.5) is 10.3 Å². The number of hydrogen-bond acceptors (Lipinski definition) is 16. The number of hydrogen-bond donors (Lipinski definition) is 0. The lowest BCUT2D eigenvalue weighted by Gasteiger charge is -2.24. The topological polar surface area (TPSA) is 232 Å². The van der Waals surface area contributed by atoms with E-state index in [1.807, 2.05) is 24.3 Å². The molecule has 0 saturated carbocycles. The van der Waals surface area contributed by atoms with E-state index in [2.05, 4.69) is 9.98 Å². The lowest BCUT2D eigenvalue weighted by molar-refractivity contribution is -0.164. The van der Waals surface area contributed by atoms with Gasteiger partial charge in [0.05, 0.1) is 21.1 Å². The summed E-state index contributed by atoms with van der Waals surface area (Å²) in [5.41, 5.74) is -1.77. The van der Waals surface area contributed by atoms with Crippen LogP contribution in [0.15, 0.2) is 130 Å². The van der Waals surface area contributed by atoms with Crippen LogP contribution >= 0.6 is 22.7 Å². The van der Waals surface area contributed by atoms with Gasteiger partial charge in [-0.05, 0) is 22.3 Å². The fraction of sp³-hybridized carbons (Fsp3) is 0.0638. The lowest BCUT2D eigenvalue weighted by atomic mass is 9.84. The maximum Gasteiger partial charge on any atom is 0.336 e. The number of carbonyl (C=O) groups is 4. The number of aromatic nitrogens is 2. The van der Waals surface area contributed by atoms with Gasteiger partial charge in [0.25, 0.3) is 5.41 Å². The number of nitriles is 4. The molecule has 16 heteroatoms. The summed E-state index contributed by atoms with van der Waals surface area (Å²) in [6, 6.07) is 37.7. The fourth-order valence-electron chi connectivity index (χ4n) is 7.49. The summed E-state index contributed by atoms with van der Waals surface area (Å²) in [5, 5.41) is 39.4. The predicted octanol–water partition coefficient (Wildman–Crippen LogP) is 7.89. The molecule has 2 heterocycles. The molecule has 0 N–H and O–H groups in total. The van der Waals surface area contributed by atoms with E-state index in [9.17, 15) is 40.2 Å². The van der Waals surface area contributed by atoms with Crippen LogP contribution in [0, 0.1) is 45.3 Å². The van der Waals surface area contributed by atoms with Gasteiger partial charge in [-0.15, -0.1) is 0 Å². The quantitative estimate of drug-likeness (QED) is 0.0808. The summed E-state index contributed by atoms with van der Waals surface area (Å²) in [4.78, 5) is 76.6. The lowest BCUT2D eigenvalue weighted by Crippen LogP contribution is -2.46. The number of nitrogens with zero attached hydrogens (tertiary/aromatic N) is 8. The SMILES string of the molecule is N#CC(C#N)=C1/C(=N/c2nc3c(s2)-c2sc(/N=C4\C(=O)c5ccccc5C4=C(C#N)C#N)nc2C3(C(=O)OCc2ccccc2)C(=O)OCc2ccccc2)C(=O)c2ccccc21. The molecule has 0 amide bonds. The number of allylic oxidation sites excluding steroid dienone is 4. The minimum Gasteiger partial charge on any atom is -0.459 e. The monoisotopic (exact) mass is 858 g/mol. The van der Waals surface area contributed by atoms with Crippen molar-refractivity contribution in [2.75, 3.05) is 0 Å². The first kappa shape index (κ1) is 39.6. The van der Waals surface area contributed by atoms with Crippen molar-refractivity contribution in [1.82, 2.24) is 9.97 Å². The first-order valence-electron chi connectivity index (χ1n) is 18.7. The van der Waals surface area contributed by atoms with E-state index in [0.717, 1.165) is 22.7 Å². The molecule has 298 valence electrons. The maximum absolute atomic E-state index is 14.9. The van der Waals surface area contributed by atoms with Gasteiger partial charge in [-0.3, -0.25) is 9.59 Å². The molecule has 2 aromatic heterocycles. The van der Waals surface area contributed by atoms with E-state index in [-0.39, 0.29) is 89.5 Å². The third-order valence-corrected chi connectivity index (χ3v) is 12.4. The van der Waals surface area contributed by atoms with Gasteiger partial charge in [0, 0.05) is 22.3 Å². The molecule has 0 saturated heterocycles. The number of ether oxygens (including phenoxy) is 2. The van der Waals surface area contributed by atoms with E-state index in [1.54, 1.807) is 109 Å². The Morgan fingerprint density at radius 2 is 0.889 bits per heavy atom. The fourth-order valence-corrected chi connectivity index (χ4v) is 9.63. The Morgan fingerprint density at radius 1 is 0.540 bits per heavy atom. The molecule has 63 heavy (non-hydrogen) atoms. The second-order valence-electron chi connectivity index (χ2n) is 13.8. The number of rotatable bonds is 8. The highest BCUT2D eigenvalue weighted by Gasteiger charge is 2.63. The summed E-state index contributed by atoms with van der Waals surface area (Å²) >= 11 is 1.78. The average Bonchev–Trinajstić information content (AvgIpc) is 4.11. The number of aliphatic imine (C=N–C) groups is 2. The number of benzene rings is 4. The van der Waals surface area contributed by atoms with Gasteiger partial charge in [-0.25, -0.2) is 29.5 Å². The number of esters is 2. The molecule has 3 aliphatic carbocycles. The number of ketones is 2. The Labute approximate surface area is 364 Å². The van der Waals surface area contributed by atoms with Crippen molar-refractivity contribution in [3.63, 3.8) is 0 Å². The smallest absolute Gasteiger partial charge is 0.336 e. The summed E-state index contributed by atoms with van der Waals surface area (Å²) in [6.45, 7) is -0.538. The van der Waals surface area contributed by atoms with Gasteiger partial charge in [0.2, 0.25) is 21.8 Å². The molecule has 6 aromatic rings. The summed E-state index contributed by atoms with van der Waals surface area (Å²) in [6.07, 6.45) is 0. The summed E-state index contributed by atoms with van der Waals surface area (Å²) in [5.74, 6) is -3.38. The van der Waals surface area contributed by atoms with Crippen LogP contribution in [0.1, 0.15) is 54.4 Å². The molecule has 0 atom stereocenters. The Morgan fingerprint density at radius 3 is 1.25 bits per heavy atom. The van der Waals surface area contributed by atoms with E-state index >= 15 is 0 Å². The van der Waals surface area contributed by atoms with Crippen LogP contribution in [0.3, 0.4) is 0 Å². The predicted molar refractivity (Wildman–Crippen MR) is 229 cm³/mol.